The summed E-state index contributed by atoms with van der Waals surface area (Å²) in [5.74, 6) is 0. The molecule has 0 saturated heterocycles. The molecule has 2 heteroatoms. The van der Waals surface area contributed by atoms with Gasteiger partial charge in [0.1, 0.15) is 0 Å². The number of rotatable bonds is 4. The fourth-order valence-corrected chi connectivity index (χ4v) is 2.96. The number of nitrogens with one attached hydrogen (secondary N) is 2. The van der Waals surface area contributed by atoms with Crippen LogP contribution in [0.1, 0.15) is 30.9 Å². The van der Waals surface area contributed by atoms with Gasteiger partial charge in [-0.2, -0.15) is 0 Å². The monoisotopic (exact) mass is 254 g/mol. The van der Waals surface area contributed by atoms with E-state index in [4.69, 9.17) is 0 Å². The number of fused-ring (bicyclic) bond motifs is 1. The van der Waals surface area contributed by atoms with Crippen LogP contribution in [-0.2, 0) is 12.8 Å². The number of aromatic nitrogens is 1. The number of aryl methyl sites for hydroxylation is 1. The first-order valence-corrected chi connectivity index (χ1v) is 7.35. The highest BCUT2D eigenvalue weighted by atomic mass is 14.9. The Morgan fingerprint density at radius 2 is 2.21 bits per heavy atom. The van der Waals surface area contributed by atoms with Crippen LogP contribution >= 0.6 is 0 Å². The molecule has 1 aliphatic rings. The number of aromatic amines is 1. The average Bonchev–Trinajstić information content (AvgIpc) is 2.98. The second-order valence-corrected chi connectivity index (χ2v) is 5.46. The van der Waals surface area contributed by atoms with Gasteiger partial charge in [0.25, 0.3) is 0 Å². The minimum absolute atomic E-state index is 0.659. The molecule has 2 nitrogen and oxygen atoms in total. The fourth-order valence-electron chi connectivity index (χ4n) is 2.96. The molecule has 0 amide bonds. The quantitative estimate of drug-likeness (QED) is 0.858. The molecule has 1 aromatic carbocycles. The van der Waals surface area contributed by atoms with Crippen LogP contribution in [-0.4, -0.2) is 17.6 Å². The smallest absolute Gasteiger partial charge is 0.0453 e. The summed E-state index contributed by atoms with van der Waals surface area (Å²) < 4.78 is 0. The molecule has 1 aliphatic carbocycles. The minimum atomic E-state index is 0.659. The zero-order valence-corrected chi connectivity index (χ0v) is 11.6. The van der Waals surface area contributed by atoms with E-state index in [1.807, 2.05) is 6.20 Å². The van der Waals surface area contributed by atoms with Gasteiger partial charge in [0.15, 0.2) is 0 Å². The highest BCUT2D eigenvalue weighted by Gasteiger charge is 2.18. The molecule has 0 radical (unpaired) electrons. The van der Waals surface area contributed by atoms with Gasteiger partial charge in [0.05, 0.1) is 0 Å². The molecule has 2 aromatic rings. The summed E-state index contributed by atoms with van der Waals surface area (Å²) in [6, 6.07) is 11.8. The Bertz CT molecular complexity index is 528. The van der Waals surface area contributed by atoms with Crippen LogP contribution in [0.3, 0.4) is 0 Å². The summed E-state index contributed by atoms with van der Waals surface area (Å²) >= 11 is 0. The van der Waals surface area contributed by atoms with Crippen LogP contribution in [0.5, 0.6) is 0 Å². The van der Waals surface area contributed by atoms with E-state index < -0.39 is 0 Å². The summed E-state index contributed by atoms with van der Waals surface area (Å²) in [5.41, 5.74) is 5.57. The molecule has 1 atom stereocenters. The zero-order chi connectivity index (χ0) is 13.1. The topological polar surface area (TPSA) is 27.8 Å². The van der Waals surface area contributed by atoms with Crippen LogP contribution in [0.25, 0.3) is 11.3 Å². The predicted molar refractivity (Wildman–Crippen MR) is 80.3 cm³/mol. The first-order chi connectivity index (χ1) is 9.36. The standard InChI is InChI=1S/C17H22N2/c1-2-9-18-16-8-7-13-5-6-14(11-15(13)12-16)17-4-3-10-19-17/h3-6,10-11,16,18-19H,2,7-9,12H2,1H3. The molecule has 3 rings (SSSR count). The molecule has 1 aromatic heterocycles. The average molecular weight is 254 g/mol. The van der Waals surface area contributed by atoms with E-state index in [0.29, 0.717) is 6.04 Å². The van der Waals surface area contributed by atoms with Gasteiger partial charge in [0, 0.05) is 17.9 Å². The molecular formula is C17H22N2. The molecule has 19 heavy (non-hydrogen) atoms. The van der Waals surface area contributed by atoms with Crippen LogP contribution in [0.15, 0.2) is 36.5 Å². The molecular weight excluding hydrogens is 232 g/mol. The molecule has 0 bridgehead atoms. The second kappa shape index (κ2) is 5.62. The lowest BCUT2D eigenvalue weighted by molar-refractivity contribution is 0.459. The lowest BCUT2D eigenvalue weighted by atomic mass is 9.87. The Hall–Kier alpha value is -1.54. The maximum atomic E-state index is 3.66. The largest absolute Gasteiger partial charge is 0.361 e. The molecule has 1 unspecified atom stereocenters. The van der Waals surface area contributed by atoms with E-state index in [0.717, 1.165) is 6.54 Å². The van der Waals surface area contributed by atoms with Gasteiger partial charge in [0.2, 0.25) is 0 Å². The zero-order valence-electron chi connectivity index (χ0n) is 11.6. The third kappa shape index (κ3) is 2.74. The number of hydrogen-bond donors (Lipinski definition) is 2. The van der Waals surface area contributed by atoms with Crippen molar-refractivity contribution in [3.8, 4) is 11.3 Å². The number of benzene rings is 1. The van der Waals surface area contributed by atoms with E-state index >= 15 is 0 Å². The van der Waals surface area contributed by atoms with Crippen LogP contribution < -0.4 is 5.32 Å². The van der Waals surface area contributed by atoms with Gasteiger partial charge in [-0.3, -0.25) is 0 Å². The summed E-state index contributed by atoms with van der Waals surface area (Å²) in [6.45, 7) is 3.36. The van der Waals surface area contributed by atoms with Crippen LogP contribution in [0.4, 0.5) is 0 Å². The Labute approximate surface area is 115 Å². The highest BCUT2D eigenvalue weighted by Crippen LogP contribution is 2.26. The van der Waals surface area contributed by atoms with Crippen LogP contribution in [0.2, 0.25) is 0 Å². The van der Waals surface area contributed by atoms with E-state index in [1.54, 1.807) is 0 Å². The molecule has 0 spiro atoms. The maximum absolute atomic E-state index is 3.66. The van der Waals surface area contributed by atoms with Crippen molar-refractivity contribution in [1.82, 2.24) is 10.3 Å². The molecule has 2 N–H and O–H groups in total. The van der Waals surface area contributed by atoms with Crippen molar-refractivity contribution in [3.63, 3.8) is 0 Å². The normalized spacial score (nSPS) is 18.3. The predicted octanol–water partition coefficient (Wildman–Crippen LogP) is 3.54. The number of H-pyrrole nitrogens is 1. The third-order valence-electron chi connectivity index (χ3n) is 4.03. The first-order valence-electron chi connectivity index (χ1n) is 7.35. The second-order valence-electron chi connectivity index (χ2n) is 5.46. The summed E-state index contributed by atoms with van der Waals surface area (Å²) in [6.07, 6.45) is 6.85. The fraction of sp³-hybridized carbons (Fsp3) is 0.412. The SMILES string of the molecule is CCCNC1CCc2ccc(-c3ccc[nH]3)cc2C1. The maximum Gasteiger partial charge on any atom is 0.0453 e. The van der Waals surface area contributed by atoms with Crippen molar-refractivity contribution in [2.24, 2.45) is 0 Å². The molecule has 0 fully saturated rings. The summed E-state index contributed by atoms with van der Waals surface area (Å²) in [5, 5.41) is 3.66. The van der Waals surface area contributed by atoms with Gasteiger partial charge in [-0.15, -0.1) is 0 Å². The van der Waals surface area contributed by atoms with E-state index in [1.165, 1.54) is 48.1 Å². The van der Waals surface area contributed by atoms with Gasteiger partial charge < -0.3 is 10.3 Å². The van der Waals surface area contributed by atoms with Crippen molar-refractivity contribution in [3.05, 3.63) is 47.7 Å². The Morgan fingerprint density at radius 3 is 3.00 bits per heavy atom. The lowest BCUT2D eigenvalue weighted by Crippen LogP contribution is -2.34. The Kier molecular flexibility index (Phi) is 3.69. The first kappa shape index (κ1) is 12.5. The molecule has 0 aliphatic heterocycles. The summed E-state index contributed by atoms with van der Waals surface area (Å²) in [7, 11) is 0. The lowest BCUT2D eigenvalue weighted by Gasteiger charge is -2.26. The van der Waals surface area contributed by atoms with Gasteiger partial charge >= 0.3 is 0 Å². The van der Waals surface area contributed by atoms with Gasteiger partial charge in [-0.25, -0.2) is 0 Å². The number of hydrogen-bond acceptors (Lipinski definition) is 1. The van der Waals surface area contributed by atoms with Crippen molar-refractivity contribution < 1.29 is 0 Å². The summed E-state index contributed by atoms with van der Waals surface area (Å²) in [4.78, 5) is 3.29. The Morgan fingerprint density at radius 1 is 1.26 bits per heavy atom. The van der Waals surface area contributed by atoms with Crippen molar-refractivity contribution in [1.29, 1.82) is 0 Å². The molecule has 100 valence electrons. The highest BCUT2D eigenvalue weighted by molar-refractivity contribution is 5.61. The Balaban J connectivity index is 1.80. The van der Waals surface area contributed by atoms with E-state index in [9.17, 15) is 0 Å². The minimum Gasteiger partial charge on any atom is -0.361 e. The van der Waals surface area contributed by atoms with Crippen molar-refractivity contribution >= 4 is 0 Å². The van der Waals surface area contributed by atoms with Crippen molar-refractivity contribution in [2.45, 2.75) is 38.6 Å². The third-order valence-corrected chi connectivity index (χ3v) is 4.03. The van der Waals surface area contributed by atoms with E-state index in [2.05, 4.69) is 47.6 Å². The van der Waals surface area contributed by atoms with Crippen molar-refractivity contribution in [2.75, 3.05) is 6.54 Å². The van der Waals surface area contributed by atoms with Gasteiger partial charge in [-0.05, 0) is 67.1 Å². The molecule has 1 heterocycles. The van der Waals surface area contributed by atoms with Crippen LogP contribution in [0, 0.1) is 0 Å². The van der Waals surface area contributed by atoms with Gasteiger partial charge in [-0.1, -0.05) is 19.1 Å². The molecule has 0 saturated carbocycles. The van der Waals surface area contributed by atoms with E-state index in [-0.39, 0.29) is 0 Å².